The fraction of sp³-hybridized carbons (Fsp3) is 0.833. The van der Waals surface area contributed by atoms with Crippen molar-refractivity contribution in [3.05, 3.63) is 11.6 Å². The van der Waals surface area contributed by atoms with E-state index in [-0.39, 0.29) is 6.42 Å². The molecule has 15 heavy (non-hydrogen) atoms. The SMILES string of the molecule is CCC1C/C(=C/C2CC2(F)F)CN1CC. The molecule has 0 radical (unpaired) electrons. The number of rotatable bonds is 3. The number of hydrogen-bond donors (Lipinski definition) is 0. The van der Waals surface area contributed by atoms with Gasteiger partial charge in [-0.3, -0.25) is 4.90 Å². The first-order valence-corrected chi connectivity index (χ1v) is 5.88. The van der Waals surface area contributed by atoms with Gasteiger partial charge in [0.25, 0.3) is 5.92 Å². The second-order valence-electron chi connectivity index (χ2n) is 4.73. The minimum absolute atomic E-state index is 0.0689. The maximum atomic E-state index is 12.7. The Labute approximate surface area is 90.1 Å². The number of halogens is 2. The Morgan fingerprint density at radius 2 is 2.13 bits per heavy atom. The van der Waals surface area contributed by atoms with E-state index in [4.69, 9.17) is 0 Å². The van der Waals surface area contributed by atoms with Crippen LogP contribution in [0.2, 0.25) is 0 Å². The van der Waals surface area contributed by atoms with Crippen LogP contribution in [0.5, 0.6) is 0 Å². The fourth-order valence-electron chi connectivity index (χ4n) is 2.48. The monoisotopic (exact) mass is 215 g/mol. The fourth-order valence-corrected chi connectivity index (χ4v) is 2.48. The van der Waals surface area contributed by atoms with E-state index in [2.05, 4.69) is 18.7 Å². The van der Waals surface area contributed by atoms with Crippen molar-refractivity contribution in [2.75, 3.05) is 13.1 Å². The first-order chi connectivity index (χ1) is 7.06. The Balaban J connectivity index is 1.96. The number of likely N-dealkylation sites (N-methyl/N-ethyl adjacent to an activating group) is 1. The smallest absolute Gasteiger partial charge is 0.255 e. The van der Waals surface area contributed by atoms with Crippen LogP contribution in [0.1, 0.15) is 33.1 Å². The molecule has 2 fully saturated rings. The highest BCUT2D eigenvalue weighted by molar-refractivity contribution is 5.20. The van der Waals surface area contributed by atoms with Crippen LogP contribution < -0.4 is 0 Å². The molecule has 1 saturated carbocycles. The summed E-state index contributed by atoms with van der Waals surface area (Å²) in [4.78, 5) is 2.38. The van der Waals surface area contributed by atoms with E-state index in [1.165, 1.54) is 5.57 Å². The van der Waals surface area contributed by atoms with Crippen molar-refractivity contribution in [3.8, 4) is 0 Å². The molecule has 1 saturated heterocycles. The van der Waals surface area contributed by atoms with Gasteiger partial charge in [-0.05, 0) is 19.4 Å². The molecule has 1 heterocycles. The summed E-state index contributed by atoms with van der Waals surface area (Å²) in [5, 5.41) is 0. The van der Waals surface area contributed by atoms with E-state index >= 15 is 0 Å². The third-order valence-corrected chi connectivity index (χ3v) is 3.61. The van der Waals surface area contributed by atoms with Gasteiger partial charge in [0.05, 0.1) is 0 Å². The summed E-state index contributed by atoms with van der Waals surface area (Å²) in [6, 6.07) is 0.577. The average Bonchev–Trinajstić information content (AvgIpc) is 2.64. The van der Waals surface area contributed by atoms with Crippen LogP contribution in [0, 0.1) is 5.92 Å². The average molecular weight is 215 g/mol. The van der Waals surface area contributed by atoms with Gasteiger partial charge in [-0.1, -0.05) is 25.5 Å². The molecule has 0 aromatic carbocycles. The molecular weight excluding hydrogens is 196 g/mol. The number of nitrogens with zero attached hydrogens (tertiary/aromatic N) is 1. The lowest BCUT2D eigenvalue weighted by Gasteiger charge is -2.19. The summed E-state index contributed by atoms with van der Waals surface area (Å²) < 4.78 is 25.5. The molecule has 2 aliphatic rings. The van der Waals surface area contributed by atoms with Crippen LogP contribution in [-0.2, 0) is 0 Å². The minimum atomic E-state index is -2.39. The van der Waals surface area contributed by atoms with Gasteiger partial charge < -0.3 is 0 Å². The van der Waals surface area contributed by atoms with Crippen LogP contribution in [0.25, 0.3) is 0 Å². The number of hydrogen-bond acceptors (Lipinski definition) is 1. The zero-order valence-electron chi connectivity index (χ0n) is 9.47. The lowest BCUT2D eigenvalue weighted by molar-refractivity contribution is 0.107. The van der Waals surface area contributed by atoms with E-state index in [1.807, 2.05) is 6.08 Å². The molecule has 0 spiro atoms. The summed E-state index contributed by atoms with van der Waals surface area (Å²) in [6.45, 7) is 6.23. The zero-order valence-corrected chi connectivity index (χ0v) is 9.47. The molecule has 86 valence electrons. The predicted octanol–water partition coefficient (Wildman–Crippen LogP) is 3.07. The van der Waals surface area contributed by atoms with Gasteiger partial charge in [0.15, 0.2) is 0 Å². The van der Waals surface area contributed by atoms with Crippen LogP contribution in [0.4, 0.5) is 8.78 Å². The third kappa shape index (κ3) is 2.22. The summed E-state index contributed by atoms with van der Waals surface area (Å²) in [5.41, 5.74) is 1.23. The van der Waals surface area contributed by atoms with Gasteiger partial charge >= 0.3 is 0 Å². The number of alkyl halides is 2. The van der Waals surface area contributed by atoms with Crippen molar-refractivity contribution in [1.29, 1.82) is 0 Å². The summed E-state index contributed by atoms with van der Waals surface area (Å²) in [7, 11) is 0. The largest absolute Gasteiger partial charge is 0.296 e. The van der Waals surface area contributed by atoms with Gasteiger partial charge in [-0.25, -0.2) is 8.78 Å². The van der Waals surface area contributed by atoms with Crippen LogP contribution in [0.15, 0.2) is 11.6 Å². The van der Waals surface area contributed by atoms with Gasteiger partial charge in [-0.2, -0.15) is 0 Å². The predicted molar refractivity (Wildman–Crippen MR) is 57.1 cm³/mol. The van der Waals surface area contributed by atoms with Crippen LogP contribution >= 0.6 is 0 Å². The molecule has 2 unspecified atom stereocenters. The van der Waals surface area contributed by atoms with Gasteiger partial charge in [0.2, 0.25) is 0 Å². The van der Waals surface area contributed by atoms with Crippen molar-refractivity contribution in [3.63, 3.8) is 0 Å². The van der Waals surface area contributed by atoms with Crippen molar-refractivity contribution >= 4 is 0 Å². The molecule has 0 amide bonds. The molecule has 0 aromatic heterocycles. The number of likely N-dealkylation sites (tertiary alicyclic amines) is 1. The highest BCUT2D eigenvalue weighted by Crippen LogP contribution is 2.50. The summed E-state index contributed by atoms with van der Waals surface area (Å²) >= 11 is 0. The van der Waals surface area contributed by atoms with E-state index in [1.54, 1.807) is 0 Å². The van der Waals surface area contributed by atoms with Crippen LogP contribution in [0.3, 0.4) is 0 Å². The van der Waals surface area contributed by atoms with Gasteiger partial charge in [-0.15, -0.1) is 0 Å². The maximum absolute atomic E-state index is 12.7. The Bertz CT molecular complexity index is 259. The van der Waals surface area contributed by atoms with E-state index in [9.17, 15) is 8.78 Å². The van der Waals surface area contributed by atoms with Crippen molar-refractivity contribution in [2.24, 2.45) is 5.92 Å². The lowest BCUT2D eigenvalue weighted by atomic mass is 10.1. The molecular formula is C12H19F2N. The third-order valence-electron chi connectivity index (χ3n) is 3.61. The lowest BCUT2D eigenvalue weighted by Crippen LogP contribution is -2.28. The molecule has 0 N–H and O–H groups in total. The van der Waals surface area contributed by atoms with Gasteiger partial charge in [0, 0.05) is 24.9 Å². The first-order valence-electron chi connectivity index (χ1n) is 5.88. The Kier molecular flexibility index (Phi) is 2.84. The quantitative estimate of drug-likeness (QED) is 0.654. The highest BCUT2D eigenvalue weighted by atomic mass is 19.3. The molecule has 3 heteroatoms. The molecule has 1 nitrogen and oxygen atoms in total. The van der Waals surface area contributed by atoms with E-state index < -0.39 is 11.8 Å². The Morgan fingerprint density at radius 1 is 1.47 bits per heavy atom. The molecule has 0 bridgehead atoms. The minimum Gasteiger partial charge on any atom is -0.296 e. The summed E-state index contributed by atoms with van der Waals surface area (Å²) in [5.74, 6) is -2.85. The molecule has 1 aliphatic heterocycles. The molecule has 2 rings (SSSR count). The summed E-state index contributed by atoms with van der Waals surface area (Å²) in [6.07, 6.45) is 4.01. The molecule has 0 aromatic rings. The zero-order chi connectivity index (χ0) is 11.1. The van der Waals surface area contributed by atoms with Crippen LogP contribution in [-0.4, -0.2) is 30.0 Å². The van der Waals surface area contributed by atoms with E-state index in [0.29, 0.717) is 6.04 Å². The van der Waals surface area contributed by atoms with E-state index in [0.717, 1.165) is 25.9 Å². The second kappa shape index (κ2) is 3.85. The molecule has 2 atom stereocenters. The highest BCUT2D eigenvalue weighted by Gasteiger charge is 2.55. The standard InChI is InChI=1S/C12H19F2N/c1-3-11-6-9(8-15(11)4-2)5-10-7-12(10,13)14/h5,10-11H,3-4,6-8H2,1-2H3/b9-5-. The van der Waals surface area contributed by atoms with Crippen molar-refractivity contribution < 1.29 is 8.78 Å². The first kappa shape index (κ1) is 11.1. The number of allylic oxidation sites excluding steroid dienone is 1. The Morgan fingerprint density at radius 3 is 2.53 bits per heavy atom. The van der Waals surface area contributed by atoms with Crippen molar-refractivity contribution in [2.45, 2.75) is 45.1 Å². The van der Waals surface area contributed by atoms with Crippen molar-refractivity contribution in [1.82, 2.24) is 4.90 Å². The Hall–Kier alpha value is -0.440. The van der Waals surface area contributed by atoms with Gasteiger partial charge in [0.1, 0.15) is 0 Å². The maximum Gasteiger partial charge on any atom is 0.255 e. The topological polar surface area (TPSA) is 3.24 Å². The molecule has 1 aliphatic carbocycles. The normalized spacial score (nSPS) is 37.5. The second-order valence-corrected chi connectivity index (χ2v) is 4.73.